The lowest BCUT2D eigenvalue weighted by molar-refractivity contribution is -0.149. The lowest BCUT2D eigenvalue weighted by Crippen LogP contribution is -2.50. The van der Waals surface area contributed by atoms with Crippen LogP contribution in [-0.2, 0) is 28.7 Å². The zero-order valence-electron chi connectivity index (χ0n) is 12.1. The Bertz CT molecular complexity index is 410. The molecule has 21 heavy (non-hydrogen) atoms. The molecule has 0 aliphatic carbocycles. The molecule has 4 N–H and O–H groups in total. The van der Waals surface area contributed by atoms with E-state index >= 15 is 0 Å². The summed E-state index contributed by atoms with van der Waals surface area (Å²) in [5, 5.41) is 10.8. The van der Waals surface area contributed by atoms with Crippen molar-refractivity contribution in [2.24, 2.45) is 11.7 Å². The van der Waals surface area contributed by atoms with Gasteiger partial charge >= 0.3 is 17.9 Å². The molecule has 0 bridgehead atoms. The van der Waals surface area contributed by atoms with Crippen LogP contribution >= 0.6 is 0 Å². The Kier molecular flexibility index (Phi) is 7.99. The maximum atomic E-state index is 11.7. The Morgan fingerprint density at radius 3 is 2.10 bits per heavy atom. The van der Waals surface area contributed by atoms with Crippen molar-refractivity contribution >= 4 is 23.8 Å². The van der Waals surface area contributed by atoms with Gasteiger partial charge in [-0.15, -0.1) is 0 Å². The molecule has 0 fully saturated rings. The number of nitrogens with one attached hydrogen (secondary N) is 1. The van der Waals surface area contributed by atoms with E-state index in [0.717, 1.165) is 7.11 Å². The van der Waals surface area contributed by atoms with E-state index in [0.29, 0.717) is 0 Å². The van der Waals surface area contributed by atoms with Gasteiger partial charge in [0.2, 0.25) is 5.91 Å². The maximum Gasteiger partial charge on any atom is 0.328 e. The van der Waals surface area contributed by atoms with Crippen LogP contribution in [0.5, 0.6) is 0 Å². The Morgan fingerprint density at radius 1 is 1.14 bits per heavy atom. The van der Waals surface area contributed by atoms with Crippen molar-refractivity contribution in [3.8, 4) is 0 Å². The van der Waals surface area contributed by atoms with Crippen LogP contribution in [0.3, 0.4) is 0 Å². The van der Waals surface area contributed by atoms with Gasteiger partial charge in [-0.2, -0.15) is 0 Å². The van der Waals surface area contributed by atoms with Gasteiger partial charge < -0.3 is 25.6 Å². The van der Waals surface area contributed by atoms with Gasteiger partial charge in [0.15, 0.2) is 0 Å². The summed E-state index contributed by atoms with van der Waals surface area (Å²) < 4.78 is 9.05. The number of carboxylic acid groups (broad SMARTS) is 1. The molecule has 0 saturated carbocycles. The summed E-state index contributed by atoms with van der Waals surface area (Å²) in [5.41, 5.74) is 5.39. The number of hydrogen-bond acceptors (Lipinski definition) is 7. The van der Waals surface area contributed by atoms with E-state index in [2.05, 4.69) is 14.8 Å². The minimum atomic E-state index is -1.30. The quantitative estimate of drug-likeness (QED) is 0.466. The molecule has 9 nitrogen and oxygen atoms in total. The van der Waals surface area contributed by atoms with Gasteiger partial charge in [0.05, 0.1) is 32.6 Å². The SMILES string of the molecule is COC(=O)C(C)C[C@H](NC(=O)[C@@H](N)CC(=O)O)C(=O)OC. The van der Waals surface area contributed by atoms with Crippen LogP contribution in [0, 0.1) is 5.92 Å². The Hall–Kier alpha value is -2.16. The van der Waals surface area contributed by atoms with E-state index in [9.17, 15) is 19.2 Å². The van der Waals surface area contributed by atoms with E-state index in [-0.39, 0.29) is 6.42 Å². The first-order valence-electron chi connectivity index (χ1n) is 6.16. The third-order valence-corrected chi connectivity index (χ3v) is 2.73. The predicted octanol–water partition coefficient (Wildman–Crippen LogP) is -1.35. The summed E-state index contributed by atoms with van der Waals surface area (Å²) >= 11 is 0. The van der Waals surface area contributed by atoms with Crippen molar-refractivity contribution in [2.45, 2.75) is 31.8 Å². The molecule has 120 valence electrons. The Morgan fingerprint density at radius 2 is 1.67 bits per heavy atom. The molecule has 9 heteroatoms. The van der Waals surface area contributed by atoms with Gasteiger partial charge in [0.25, 0.3) is 0 Å². The largest absolute Gasteiger partial charge is 0.481 e. The number of carbonyl (C=O) groups excluding carboxylic acids is 3. The monoisotopic (exact) mass is 304 g/mol. The topological polar surface area (TPSA) is 145 Å². The van der Waals surface area contributed by atoms with Gasteiger partial charge in [0, 0.05) is 0 Å². The Labute approximate surface area is 121 Å². The fourth-order valence-corrected chi connectivity index (χ4v) is 1.57. The van der Waals surface area contributed by atoms with Crippen LogP contribution < -0.4 is 11.1 Å². The molecule has 0 aliphatic heterocycles. The maximum absolute atomic E-state index is 11.7. The number of nitrogens with two attached hydrogens (primary N) is 1. The van der Waals surface area contributed by atoms with Crippen molar-refractivity contribution in [3.63, 3.8) is 0 Å². The molecule has 0 spiro atoms. The van der Waals surface area contributed by atoms with Crippen molar-refractivity contribution in [1.82, 2.24) is 5.32 Å². The Balaban J connectivity index is 4.77. The molecule has 0 heterocycles. The third kappa shape index (κ3) is 6.70. The van der Waals surface area contributed by atoms with Gasteiger partial charge in [-0.05, 0) is 6.42 Å². The summed E-state index contributed by atoms with van der Waals surface area (Å²) in [4.78, 5) is 45.1. The summed E-state index contributed by atoms with van der Waals surface area (Å²) in [7, 11) is 2.33. The van der Waals surface area contributed by atoms with Gasteiger partial charge in [0.1, 0.15) is 6.04 Å². The lowest BCUT2D eigenvalue weighted by atomic mass is 10.0. The number of aliphatic carboxylic acids is 1. The lowest BCUT2D eigenvalue weighted by Gasteiger charge is -2.20. The number of rotatable bonds is 8. The average molecular weight is 304 g/mol. The van der Waals surface area contributed by atoms with Crippen LogP contribution in [0.1, 0.15) is 19.8 Å². The van der Waals surface area contributed by atoms with E-state index in [1.165, 1.54) is 14.0 Å². The molecule has 3 atom stereocenters. The average Bonchev–Trinajstić information content (AvgIpc) is 2.43. The highest BCUT2D eigenvalue weighted by atomic mass is 16.5. The molecule has 0 saturated heterocycles. The van der Waals surface area contributed by atoms with E-state index in [1.807, 2.05) is 0 Å². The second kappa shape index (κ2) is 8.90. The minimum absolute atomic E-state index is 0.0507. The normalized spacial score (nSPS) is 14.5. The fraction of sp³-hybridized carbons (Fsp3) is 0.667. The molecule has 1 unspecified atom stereocenters. The number of carboxylic acids is 1. The first kappa shape index (κ1) is 18.8. The molecule has 0 aromatic rings. The van der Waals surface area contributed by atoms with Gasteiger partial charge in [-0.25, -0.2) is 4.79 Å². The standard InChI is InChI=1S/C12H20N2O7/c1-6(11(18)20-2)4-8(12(19)21-3)14-10(17)7(13)5-9(15)16/h6-8H,4-5,13H2,1-3H3,(H,14,17)(H,15,16)/t6?,7-,8-/m0/s1. The van der Waals surface area contributed by atoms with Gasteiger partial charge in [-0.1, -0.05) is 6.92 Å². The van der Waals surface area contributed by atoms with Crippen molar-refractivity contribution in [1.29, 1.82) is 0 Å². The van der Waals surface area contributed by atoms with Crippen LogP contribution in [0.25, 0.3) is 0 Å². The number of carbonyl (C=O) groups is 4. The molecular formula is C12H20N2O7. The van der Waals surface area contributed by atoms with Crippen LogP contribution in [0.4, 0.5) is 0 Å². The van der Waals surface area contributed by atoms with Crippen LogP contribution in [0.2, 0.25) is 0 Å². The molecule has 0 aromatic carbocycles. The van der Waals surface area contributed by atoms with E-state index in [1.54, 1.807) is 0 Å². The molecule has 0 rings (SSSR count). The second-order valence-corrected chi connectivity index (χ2v) is 4.45. The highest BCUT2D eigenvalue weighted by Gasteiger charge is 2.29. The second-order valence-electron chi connectivity index (χ2n) is 4.45. The zero-order chi connectivity index (χ0) is 16.6. The number of ether oxygens (including phenoxy) is 2. The minimum Gasteiger partial charge on any atom is -0.481 e. The number of hydrogen-bond donors (Lipinski definition) is 3. The van der Waals surface area contributed by atoms with E-state index in [4.69, 9.17) is 10.8 Å². The molecule has 0 aromatic heterocycles. The highest BCUT2D eigenvalue weighted by molar-refractivity contribution is 5.90. The van der Waals surface area contributed by atoms with Gasteiger partial charge in [-0.3, -0.25) is 14.4 Å². The summed E-state index contributed by atoms with van der Waals surface area (Å²) in [6, 6.07) is -2.42. The third-order valence-electron chi connectivity index (χ3n) is 2.73. The van der Waals surface area contributed by atoms with Crippen LogP contribution in [0.15, 0.2) is 0 Å². The first-order chi connectivity index (χ1) is 9.72. The smallest absolute Gasteiger partial charge is 0.328 e. The first-order valence-corrected chi connectivity index (χ1v) is 6.16. The number of methoxy groups -OCH3 is 2. The predicted molar refractivity (Wildman–Crippen MR) is 70.0 cm³/mol. The number of esters is 2. The summed E-state index contributed by atoms with van der Waals surface area (Å²) in [6.45, 7) is 1.52. The zero-order valence-corrected chi connectivity index (χ0v) is 12.1. The highest BCUT2D eigenvalue weighted by Crippen LogP contribution is 2.09. The fourth-order valence-electron chi connectivity index (χ4n) is 1.57. The van der Waals surface area contributed by atoms with Crippen LogP contribution in [-0.4, -0.2) is 55.2 Å². The molecule has 0 radical (unpaired) electrons. The van der Waals surface area contributed by atoms with Crippen molar-refractivity contribution in [3.05, 3.63) is 0 Å². The number of amides is 1. The summed E-state index contributed by atoms with van der Waals surface area (Å²) in [5.74, 6) is -4.02. The van der Waals surface area contributed by atoms with Crippen molar-refractivity contribution < 1.29 is 33.8 Å². The van der Waals surface area contributed by atoms with Crippen molar-refractivity contribution in [2.75, 3.05) is 14.2 Å². The molecule has 1 amide bonds. The summed E-state index contributed by atoms with van der Waals surface area (Å²) in [6.07, 6.45) is -0.628. The molecular weight excluding hydrogens is 284 g/mol. The van der Waals surface area contributed by atoms with E-state index < -0.39 is 48.2 Å². The molecule has 0 aliphatic rings.